The van der Waals surface area contributed by atoms with E-state index in [1.54, 1.807) is 11.3 Å². The molecule has 0 radical (unpaired) electrons. The molecule has 0 fully saturated rings. The molecule has 0 aliphatic rings. The van der Waals surface area contributed by atoms with Crippen LogP contribution in [0.1, 0.15) is 15.2 Å². The highest BCUT2D eigenvalue weighted by Crippen LogP contribution is 2.30. The van der Waals surface area contributed by atoms with Crippen LogP contribution in [-0.2, 0) is 0 Å². The van der Waals surface area contributed by atoms with Gasteiger partial charge >= 0.3 is 0 Å². The summed E-state index contributed by atoms with van der Waals surface area (Å²) in [6, 6.07) is 21.6. The van der Waals surface area contributed by atoms with Gasteiger partial charge in [-0.05, 0) is 55.5 Å². The van der Waals surface area contributed by atoms with Gasteiger partial charge in [0.1, 0.15) is 0 Å². The van der Waals surface area contributed by atoms with E-state index in [2.05, 4.69) is 24.4 Å². The number of hydrogen-bond acceptors (Lipinski definition) is 4. The minimum Gasteiger partial charge on any atom is -0.378 e. The van der Waals surface area contributed by atoms with Crippen LogP contribution in [-0.4, -0.2) is 25.0 Å². The number of anilines is 2. The molecule has 0 saturated carbocycles. The Hall–Kier alpha value is -3.18. The van der Waals surface area contributed by atoms with Gasteiger partial charge in [-0.25, -0.2) is 4.98 Å². The van der Waals surface area contributed by atoms with Crippen molar-refractivity contribution in [1.29, 1.82) is 0 Å². The van der Waals surface area contributed by atoms with Crippen molar-refractivity contribution in [1.82, 2.24) is 4.98 Å². The zero-order valence-electron chi connectivity index (χ0n) is 16.1. The Labute approximate surface area is 168 Å². The summed E-state index contributed by atoms with van der Waals surface area (Å²) in [5.74, 6) is -0.134. The zero-order chi connectivity index (χ0) is 19.7. The summed E-state index contributed by atoms with van der Waals surface area (Å²) >= 11 is 1.68. The van der Waals surface area contributed by atoms with E-state index in [1.165, 1.54) is 4.88 Å². The second-order valence-electron chi connectivity index (χ2n) is 6.88. The highest BCUT2D eigenvalue weighted by Gasteiger charge is 2.15. The van der Waals surface area contributed by atoms with Crippen LogP contribution in [0.25, 0.3) is 21.5 Å². The molecule has 4 nitrogen and oxygen atoms in total. The highest BCUT2D eigenvalue weighted by molar-refractivity contribution is 7.15. The summed E-state index contributed by atoms with van der Waals surface area (Å²) in [4.78, 5) is 22.2. The highest BCUT2D eigenvalue weighted by atomic mass is 32.1. The van der Waals surface area contributed by atoms with E-state index in [9.17, 15) is 4.79 Å². The van der Waals surface area contributed by atoms with Crippen molar-refractivity contribution < 1.29 is 4.79 Å². The van der Waals surface area contributed by atoms with Crippen molar-refractivity contribution in [2.75, 3.05) is 24.3 Å². The Kier molecular flexibility index (Phi) is 4.84. The molecular weight excluding hydrogens is 366 g/mol. The molecule has 2 aromatic heterocycles. The molecule has 0 saturated heterocycles. The second kappa shape index (κ2) is 7.44. The Morgan fingerprint density at radius 1 is 1.00 bits per heavy atom. The lowest BCUT2D eigenvalue weighted by Gasteiger charge is -2.13. The van der Waals surface area contributed by atoms with Crippen molar-refractivity contribution in [3.63, 3.8) is 0 Å². The number of carbonyl (C=O) groups excluding carboxylic acids is 1. The van der Waals surface area contributed by atoms with Gasteiger partial charge in [0.25, 0.3) is 5.91 Å². The summed E-state index contributed by atoms with van der Waals surface area (Å²) < 4.78 is 0. The maximum atomic E-state index is 13.1. The quantitative estimate of drug-likeness (QED) is 0.496. The van der Waals surface area contributed by atoms with Crippen LogP contribution in [0, 0.1) is 6.92 Å². The molecule has 0 spiro atoms. The van der Waals surface area contributed by atoms with E-state index in [0.29, 0.717) is 5.56 Å². The van der Waals surface area contributed by atoms with Gasteiger partial charge in [-0.1, -0.05) is 18.2 Å². The van der Waals surface area contributed by atoms with Gasteiger partial charge in [-0.3, -0.25) is 4.79 Å². The van der Waals surface area contributed by atoms with Gasteiger partial charge in [0, 0.05) is 35.7 Å². The molecule has 4 aromatic rings. The number of thiophene rings is 1. The van der Waals surface area contributed by atoms with Crippen LogP contribution in [0.5, 0.6) is 0 Å². The summed E-state index contributed by atoms with van der Waals surface area (Å²) in [5.41, 5.74) is 4.13. The average molecular weight is 388 g/mol. The number of fused-ring (bicyclic) bond motifs is 1. The third kappa shape index (κ3) is 3.62. The summed E-state index contributed by atoms with van der Waals surface area (Å²) in [5, 5.41) is 3.87. The first-order chi connectivity index (χ1) is 13.5. The van der Waals surface area contributed by atoms with Crippen molar-refractivity contribution >= 4 is 39.5 Å². The van der Waals surface area contributed by atoms with Crippen LogP contribution in [0.2, 0.25) is 0 Å². The first kappa shape index (κ1) is 18.2. The van der Waals surface area contributed by atoms with Gasteiger partial charge in [-0.15, -0.1) is 11.3 Å². The van der Waals surface area contributed by atoms with Crippen molar-refractivity contribution in [2.24, 2.45) is 0 Å². The monoisotopic (exact) mass is 387 g/mol. The SMILES string of the molecule is Cc1ccc(-c2cc(C(=O)Nc3ccc(N(C)C)cc3)c3ccccc3n2)s1. The van der Waals surface area contributed by atoms with E-state index in [-0.39, 0.29) is 5.91 Å². The predicted octanol–water partition coefficient (Wildman–Crippen LogP) is 5.59. The van der Waals surface area contributed by atoms with Crippen molar-refractivity contribution in [3.05, 3.63) is 77.2 Å². The largest absolute Gasteiger partial charge is 0.378 e. The van der Waals surface area contributed by atoms with Gasteiger partial charge in [-0.2, -0.15) is 0 Å². The molecule has 0 bridgehead atoms. The van der Waals surface area contributed by atoms with Crippen LogP contribution < -0.4 is 10.2 Å². The van der Waals surface area contributed by atoms with E-state index >= 15 is 0 Å². The molecule has 0 atom stereocenters. The lowest BCUT2D eigenvalue weighted by atomic mass is 10.1. The number of rotatable bonds is 4. The number of benzene rings is 2. The van der Waals surface area contributed by atoms with Gasteiger partial charge in [0.05, 0.1) is 21.7 Å². The lowest BCUT2D eigenvalue weighted by molar-refractivity contribution is 0.102. The predicted molar refractivity (Wildman–Crippen MR) is 119 cm³/mol. The molecule has 4 rings (SSSR count). The zero-order valence-corrected chi connectivity index (χ0v) is 16.9. The van der Waals surface area contributed by atoms with E-state index < -0.39 is 0 Å². The van der Waals surface area contributed by atoms with Crippen LogP contribution in [0.15, 0.2) is 66.7 Å². The molecule has 5 heteroatoms. The summed E-state index contributed by atoms with van der Waals surface area (Å²) in [6.45, 7) is 2.07. The van der Waals surface area contributed by atoms with Gasteiger partial charge in [0.2, 0.25) is 0 Å². The number of hydrogen-bond donors (Lipinski definition) is 1. The number of para-hydroxylation sites is 1. The normalized spacial score (nSPS) is 10.8. The summed E-state index contributed by atoms with van der Waals surface area (Å²) in [7, 11) is 3.98. The van der Waals surface area contributed by atoms with Crippen LogP contribution in [0.4, 0.5) is 11.4 Å². The molecule has 0 aliphatic heterocycles. The fourth-order valence-electron chi connectivity index (χ4n) is 3.10. The molecular formula is C23H21N3OS. The molecule has 2 heterocycles. The number of carbonyl (C=O) groups is 1. The number of amides is 1. The smallest absolute Gasteiger partial charge is 0.256 e. The minimum absolute atomic E-state index is 0.134. The fourth-order valence-corrected chi connectivity index (χ4v) is 3.93. The molecule has 28 heavy (non-hydrogen) atoms. The third-order valence-corrected chi connectivity index (χ3v) is 5.62. The molecule has 140 valence electrons. The topological polar surface area (TPSA) is 45.2 Å². The summed E-state index contributed by atoms with van der Waals surface area (Å²) in [6.07, 6.45) is 0. The van der Waals surface area contributed by atoms with E-state index in [0.717, 1.165) is 32.8 Å². The minimum atomic E-state index is -0.134. The number of nitrogens with one attached hydrogen (secondary N) is 1. The number of nitrogens with zero attached hydrogens (tertiary/aromatic N) is 2. The maximum absolute atomic E-state index is 13.1. The molecule has 1 N–H and O–H groups in total. The Balaban J connectivity index is 1.73. The maximum Gasteiger partial charge on any atom is 0.256 e. The first-order valence-electron chi connectivity index (χ1n) is 9.06. The molecule has 0 aliphatic carbocycles. The standard InChI is InChI=1S/C23H21N3OS/c1-15-8-13-22(28-15)21-14-19(18-6-4-5-7-20(18)25-21)23(27)24-16-9-11-17(12-10-16)26(2)3/h4-14H,1-3H3,(H,24,27). The number of aryl methyl sites for hydroxylation is 1. The Morgan fingerprint density at radius 2 is 1.75 bits per heavy atom. The number of pyridine rings is 1. The first-order valence-corrected chi connectivity index (χ1v) is 9.88. The van der Waals surface area contributed by atoms with Gasteiger partial charge in [0.15, 0.2) is 0 Å². The van der Waals surface area contributed by atoms with Crippen molar-refractivity contribution in [3.8, 4) is 10.6 Å². The van der Waals surface area contributed by atoms with Crippen LogP contribution >= 0.6 is 11.3 Å². The molecule has 0 unspecified atom stereocenters. The van der Waals surface area contributed by atoms with Gasteiger partial charge < -0.3 is 10.2 Å². The Bertz CT molecular complexity index is 1150. The van der Waals surface area contributed by atoms with E-state index in [4.69, 9.17) is 4.98 Å². The fraction of sp³-hybridized carbons (Fsp3) is 0.130. The van der Waals surface area contributed by atoms with E-state index in [1.807, 2.05) is 73.6 Å². The lowest BCUT2D eigenvalue weighted by Crippen LogP contribution is -2.13. The Morgan fingerprint density at radius 3 is 2.43 bits per heavy atom. The third-order valence-electron chi connectivity index (χ3n) is 4.60. The van der Waals surface area contributed by atoms with Crippen LogP contribution in [0.3, 0.4) is 0 Å². The molecule has 2 aromatic carbocycles. The van der Waals surface area contributed by atoms with Crippen molar-refractivity contribution in [2.45, 2.75) is 6.92 Å². The second-order valence-corrected chi connectivity index (χ2v) is 8.17. The number of aromatic nitrogens is 1. The molecule has 1 amide bonds. The average Bonchev–Trinajstić information content (AvgIpc) is 3.14.